The summed E-state index contributed by atoms with van der Waals surface area (Å²) in [6.45, 7) is 0.644. The number of hydrogen-bond donors (Lipinski definition) is 0. The monoisotopic (exact) mass is 310 g/mol. The molecule has 1 unspecified atom stereocenters. The number of hydrogen-bond acceptors (Lipinski definition) is 4. The average Bonchev–Trinajstić information content (AvgIpc) is 3.28. The molecule has 0 radical (unpaired) electrons. The Hall–Kier alpha value is -2.89. The van der Waals surface area contributed by atoms with E-state index in [2.05, 4.69) is 0 Å². The van der Waals surface area contributed by atoms with E-state index in [-0.39, 0.29) is 23.7 Å². The number of nitrogens with zero attached hydrogens (tertiary/aromatic N) is 2. The first-order chi connectivity index (χ1) is 11.2. The van der Waals surface area contributed by atoms with Crippen molar-refractivity contribution in [1.29, 1.82) is 0 Å². The molecule has 1 aromatic carbocycles. The first kappa shape index (κ1) is 13.8. The molecule has 0 N–H and O–H groups in total. The highest BCUT2D eigenvalue weighted by Gasteiger charge is 2.47. The number of aldehydes is 1. The maximum Gasteiger partial charge on any atom is 0.332 e. The van der Waals surface area contributed by atoms with Gasteiger partial charge in [-0.3, -0.25) is 9.59 Å². The number of imide groups is 1. The van der Waals surface area contributed by atoms with Crippen LogP contribution in [0.4, 0.5) is 10.5 Å². The Morgan fingerprint density at radius 2 is 1.87 bits per heavy atom. The fraction of sp³-hybridized carbons (Fsp3) is 0.235. The Labute approximate surface area is 132 Å². The van der Waals surface area contributed by atoms with Crippen LogP contribution in [0.25, 0.3) is 11.3 Å². The predicted molar refractivity (Wildman–Crippen MR) is 82.1 cm³/mol. The van der Waals surface area contributed by atoms with Crippen molar-refractivity contribution < 1.29 is 18.8 Å². The quantitative estimate of drug-likeness (QED) is 0.645. The Morgan fingerprint density at radius 1 is 1.09 bits per heavy atom. The fourth-order valence-electron chi connectivity index (χ4n) is 3.21. The summed E-state index contributed by atoms with van der Waals surface area (Å²) in [5, 5.41) is 0. The molecular weight excluding hydrogens is 296 g/mol. The van der Waals surface area contributed by atoms with Crippen molar-refractivity contribution in [3.8, 4) is 11.3 Å². The van der Waals surface area contributed by atoms with Crippen molar-refractivity contribution in [3.63, 3.8) is 0 Å². The number of rotatable bonds is 3. The Balaban J connectivity index is 1.62. The van der Waals surface area contributed by atoms with Crippen molar-refractivity contribution in [1.82, 2.24) is 4.90 Å². The second kappa shape index (κ2) is 5.08. The SMILES string of the molecule is O=Cc1ccc(-c2ccc(N3C(=O)C4CCCN4C3=O)cc2)o1. The lowest BCUT2D eigenvalue weighted by Gasteiger charge is -2.15. The van der Waals surface area contributed by atoms with Crippen LogP contribution in [0.3, 0.4) is 0 Å². The summed E-state index contributed by atoms with van der Waals surface area (Å²) in [7, 11) is 0. The molecule has 6 heteroatoms. The fourth-order valence-corrected chi connectivity index (χ4v) is 3.21. The van der Waals surface area contributed by atoms with E-state index in [0.29, 0.717) is 24.3 Å². The third-order valence-corrected chi connectivity index (χ3v) is 4.35. The van der Waals surface area contributed by atoms with Crippen LogP contribution in [0.5, 0.6) is 0 Å². The summed E-state index contributed by atoms with van der Waals surface area (Å²) in [6.07, 6.45) is 2.26. The van der Waals surface area contributed by atoms with Crippen molar-refractivity contribution in [2.24, 2.45) is 0 Å². The number of carbonyl (C=O) groups is 3. The Kier molecular flexibility index (Phi) is 3.04. The normalized spacial score (nSPS) is 20.3. The second-order valence-corrected chi connectivity index (χ2v) is 5.67. The minimum absolute atomic E-state index is 0.151. The summed E-state index contributed by atoms with van der Waals surface area (Å²) < 4.78 is 5.36. The zero-order chi connectivity index (χ0) is 16.0. The molecule has 3 amide bonds. The van der Waals surface area contributed by atoms with Gasteiger partial charge in [-0.2, -0.15) is 0 Å². The van der Waals surface area contributed by atoms with Gasteiger partial charge in [0.1, 0.15) is 11.8 Å². The van der Waals surface area contributed by atoms with E-state index in [1.165, 1.54) is 4.90 Å². The number of furan rings is 1. The third-order valence-electron chi connectivity index (χ3n) is 4.35. The van der Waals surface area contributed by atoms with E-state index in [1.807, 2.05) is 0 Å². The molecule has 23 heavy (non-hydrogen) atoms. The number of benzene rings is 1. The lowest BCUT2D eigenvalue weighted by atomic mass is 10.1. The summed E-state index contributed by atoms with van der Waals surface area (Å²) in [6, 6.07) is 9.74. The van der Waals surface area contributed by atoms with Gasteiger partial charge >= 0.3 is 6.03 Å². The van der Waals surface area contributed by atoms with Gasteiger partial charge in [0.05, 0.1) is 5.69 Å². The highest BCUT2D eigenvalue weighted by molar-refractivity contribution is 6.21. The molecule has 1 aromatic heterocycles. The number of urea groups is 1. The van der Waals surface area contributed by atoms with Gasteiger partial charge in [-0.15, -0.1) is 0 Å². The molecule has 2 saturated heterocycles. The van der Waals surface area contributed by atoms with Crippen molar-refractivity contribution >= 4 is 23.9 Å². The van der Waals surface area contributed by atoms with Gasteiger partial charge in [-0.05, 0) is 49.2 Å². The molecule has 2 aromatic rings. The molecule has 3 heterocycles. The zero-order valence-corrected chi connectivity index (χ0v) is 12.3. The largest absolute Gasteiger partial charge is 0.453 e. The van der Waals surface area contributed by atoms with Gasteiger partial charge in [0.2, 0.25) is 0 Å². The van der Waals surface area contributed by atoms with Crippen LogP contribution in [0, 0.1) is 0 Å². The molecule has 0 aliphatic carbocycles. The van der Waals surface area contributed by atoms with Crippen LogP contribution >= 0.6 is 0 Å². The summed E-state index contributed by atoms with van der Waals surface area (Å²) in [4.78, 5) is 38.3. The number of carbonyl (C=O) groups excluding carboxylic acids is 3. The number of amides is 3. The number of anilines is 1. The van der Waals surface area contributed by atoms with Gasteiger partial charge in [0, 0.05) is 12.1 Å². The van der Waals surface area contributed by atoms with Crippen LogP contribution in [0.1, 0.15) is 23.4 Å². The highest BCUT2D eigenvalue weighted by atomic mass is 16.3. The van der Waals surface area contributed by atoms with Gasteiger partial charge in [0.15, 0.2) is 12.0 Å². The van der Waals surface area contributed by atoms with Crippen LogP contribution < -0.4 is 4.90 Å². The lowest BCUT2D eigenvalue weighted by molar-refractivity contribution is -0.119. The molecule has 1 atom stereocenters. The van der Waals surface area contributed by atoms with E-state index in [0.717, 1.165) is 18.4 Å². The standard InChI is InChI=1S/C17H14N2O4/c20-10-13-7-8-15(23-13)11-3-5-12(6-4-11)19-16(21)14-2-1-9-18(14)17(19)22/h3-8,10,14H,1-2,9H2. The molecule has 0 spiro atoms. The summed E-state index contributed by atoms with van der Waals surface area (Å²) in [5.74, 6) is 0.675. The molecular formula is C17H14N2O4. The van der Waals surface area contributed by atoms with Crippen LogP contribution in [0.15, 0.2) is 40.8 Å². The Bertz CT molecular complexity index is 771. The topological polar surface area (TPSA) is 70.8 Å². The molecule has 6 nitrogen and oxygen atoms in total. The minimum atomic E-state index is -0.303. The van der Waals surface area contributed by atoms with Gasteiger partial charge in [0.25, 0.3) is 5.91 Å². The van der Waals surface area contributed by atoms with E-state index in [1.54, 1.807) is 41.3 Å². The maximum absolute atomic E-state index is 12.4. The van der Waals surface area contributed by atoms with Crippen LogP contribution in [-0.4, -0.2) is 35.7 Å². The molecule has 2 aliphatic rings. The smallest absolute Gasteiger partial charge is 0.332 e. The number of fused-ring (bicyclic) bond motifs is 1. The third kappa shape index (κ3) is 2.06. The van der Waals surface area contributed by atoms with Crippen molar-refractivity contribution in [2.45, 2.75) is 18.9 Å². The van der Waals surface area contributed by atoms with Gasteiger partial charge in [-0.1, -0.05) is 0 Å². The molecule has 116 valence electrons. The van der Waals surface area contributed by atoms with Crippen LogP contribution in [-0.2, 0) is 4.79 Å². The van der Waals surface area contributed by atoms with E-state index >= 15 is 0 Å². The average molecular weight is 310 g/mol. The zero-order valence-electron chi connectivity index (χ0n) is 12.3. The van der Waals surface area contributed by atoms with Crippen molar-refractivity contribution in [3.05, 3.63) is 42.2 Å². The molecule has 0 bridgehead atoms. The predicted octanol–water partition coefficient (Wildman–Crippen LogP) is 2.69. The van der Waals surface area contributed by atoms with E-state index in [9.17, 15) is 14.4 Å². The molecule has 4 rings (SSSR count). The van der Waals surface area contributed by atoms with Gasteiger partial charge in [-0.25, -0.2) is 9.69 Å². The Morgan fingerprint density at radius 3 is 2.52 bits per heavy atom. The summed E-state index contributed by atoms with van der Waals surface area (Å²) in [5.41, 5.74) is 1.33. The summed E-state index contributed by atoms with van der Waals surface area (Å²) >= 11 is 0. The first-order valence-electron chi connectivity index (χ1n) is 7.49. The van der Waals surface area contributed by atoms with Gasteiger partial charge < -0.3 is 9.32 Å². The van der Waals surface area contributed by atoms with E-state index < -0.39 is 0 Å². The maximum atomic E-state index is 12.4. The molecule has 2 aliphatic heterocycles. The van der Waals surface area contributed by atoms with Crippen molar-refractivity contribution in [2.75, 3.05) is 11.4 Å². The molecule has 0 saturated carbocycles. The van der Waals surface area contributed by atoms with E-state index in [4.69, 9.17) is 4.42 Å². The van der Waals surface area contributed by atoms with Crippen LogP contribution in [0.2, 0.25) is 0 Å². The molecule has 2 fully saturated rings. The second-order valence-electron chi connectivity index (χ2n) is 5.67. The minimum Gasteiger partial charge on any atom is -0.453 e. The first-order valence-corrected chi connectivity index (χ1v) is 7.49. The lowest BCUT2D eigenvalue weighted by Crippen LogP contribution is -2.32. The highest BCUT2D eigenvalue weighted by Crippen LogP contribution is 2.32.